The lowest BCUT2D eigenvalue weighted by atomic mass is 10.2. The van der Waals surface area contributed by atoms with Crippen molar-refractivity contribution in [3.63, 3.8) is 0 Å². The van der Waals surface area contributed by atoms with Crippen molar-refractivity contribution in [1.82, 2.24) is 0 Å². The van der Waals surface area contributed by atoms with Crippen LogP contribution in [0, 0.1) is 5.82 Å². The molecule has 2 aromatic carbocycles. The lowest BCUT2D eigenvalue weighted by molar-refractivity contribution is 0.290. The number of ether oxygens (including phenoxy) is 2. The molecule has 0 aromatic heterocycles. The summed E-state index contributed by atoms with van der Waals surface area (Å²) in [5, 5.41) is 0. The van der Waals surface area contributed by atoms with Crippen LogP contribution >= 0.6 is 15.9 Å². The van der Waals surface area contributed by atoms with Gasteiger partial charge >= 0.3 is 0 Å². The summed E-state index contributed by atoms with van der Waals surface area (Å²) in [4.78, 5) is 0. The van der Waals surface area contributed by atoms with Gasteiger partial charge in [-0.3, -0.25) is 0 Å². The van der Waals surface area contributed by atoms with Crippen molar-refractivity contribution >= 4 is 15.9 Å². The fourth-order valence-electron chi connectivity index (χ4n) is 1.48. The van der Waals surface area contributed by atoms with Crippen molar-refractivity contribution in [3.05, 3.63) is 58.3 Å². The van der Waals surface area contributed by atoms with Gasteiger partial charge < -0.3 is 9.47 Å². The van der Waals surface area contributed by atoms with E-state index in [1.54, 1.807) is 19.2 Å². The van der Waals surface area contributed by atoms with Gasteiger partial charge in [0.2, 0.25) is 0 Å². The van der Waals surface area contributed by atoms with E-state index >= 15 is 0 Å². The Balaban J connectivity index is 2.02. The first-order valence-electron chi connectivity index (χ1n) is 5.40. The van der Waals surface area contributed by atoms with E-state index in [1.807, 2.05) is 24.3 Å². The van der Waals surface area contributed by atoms with E-state index in [0.29, 0.717) is 11.1 Å². The highest BCUT2D eigenvalue weighted by Gasteiger charge is 2.04. The lowest BCUT2D eigenvalue weighted by Gasteiger charge is -2.08. The van der Waals surface area contributed by atoms with Crippen LogP contribution in [-0.4, -0.2) is 7.11 Å². The molecule has 0 spiro atoms. The molecule has 0 atom stereocenters. The molecule has 0 aliphatic rings. The second kappa shape index (κ2) is 5.87. The molecule has 94 valence electrons. The molecule has 0 N–H and O–H groups in total. The fraction of sp³-hybridized carbons (Fsp3) is 0.143. The summed E-state index contributed by atoms with van der Waals surface area (Å²) in [6, 6.07) is 12.2. The third kappa shape index (κ3) is 3.23. The molecule has 0 heterocycles. The zero-order valence-electron chi connectivity index (χ0n) is 9.82. The number of hydrogen-bond acceptors (Lipinski definition) is 2. The van der Waals surface area contributed by atoms with Crippen molar-refractivity contribution in [2.45, 2.75) is 6.61 Å². The first kappa shape index (κ1) is 12.9. The number of rotatable bonds is 4. The summed E-state index contributed by atoms with van der Waals surface area (Å²) in [5.74, 6) is 0.653. The molecule has 0 unspecified atom stereocenters. The third-order valence-electron chi connectivity index (χ3n) is 2.45. The van der Waals surface area contributed by atoms with Crippen molar-refractivity contribution in [1.29, 1.82) is 0 Å². The molecular weight excluding hydrogens is 299 g/mol. The summed E-state index contributed by atoms with van der Waals surface area (Å²) in [7, 11) is 1.61. The van der Waals surface area contributed by atoms with Crippen LogP contribution in [0.5, 0.6) is 11.5 Å². The summed E-state index contributed by atoms with van der Waals surface area (Å²) >= 11 is 3.20. The monoisotopic (exact) mass is 310 g/mol. The number of halogens is 2. The summed E-state index contributed by atoms with van der Waals surface area (Å²) in [6.45, 7) is 0.322. The van der Waals surface area contributed by atoms with Gasteiger partial charge in [0, 0.05) is 4.47 Å². The Morgan fingerprint density at radius 3 is 2.44 bits per heavy atom. The van der Waals surface area contributed by atoms with E-state index in [0.717, 1.165) is 11.3 Å². The number of benzene rings is 2. The molecule has 2 nitrogen and oxygen atoms in total. The third-order valence-corrected chi connectivity index (χ3v) is 2.94. The Morgan fingerprint density at radius 2 is 1.83 bits per heavy atom. The minimum absolute atomic E-state index is 0.244. The Labute approximate surface area is 113 Å². The highest BCUT2D eigenvalue weighted by Crippen LogP contribution is 2.22. The molecule has 0 fully saturated rings. The van der Waals surface area contributed by atoms with E-state index in [2.05, 4.69) is 15.9 Å². The van der Waals surface area contributed by atoms with Crippen LogP contribution < -0.4 is 9.47 Å². The molecule has 0 radical (unpaired) electrons. The summed E-state index contributed by atoms with van der Waals surface area (Å²) in [6.07, 6.45) is 0. The molecule has 0 aliphatic carbocycles. The Bertz CT molecular complexity index is 526. The minimum atomic E-state index is -0.377. The van der Waals surface area contributed by atoms with Gasteiger partial charge in [-0.05, 0) is 35.9 Å². The summed E-state index contributed by atoms with van der Waals surface area (Å²) in [5.41, 5.74) is 0.957. The fourth-order valence-corrected chi connectivity index (χ4v) is 1.81. The van der Waals surface area contributed by atoms with E-state index in [1.165, 1.54) is 6.07 Å². The van der Waals surface area contributed by atoms with Gasteiger partial charge in [0.1, 0.15) is 12.4 Å². The van der Waals surface area contributed by atoms with Gasteiger partial charge in [-0.15, -0.1) is 0 Å². The molecule has 2 aromatic rings. The molecule has 18 heavy (non-hydrogen) atoms. The first-order valence-corrected chi connectivity index (χ1v) is 6.19. The molecule has 4 heteroatoms. The van der Waals surface area contributed by atoms with Crippen molar-refractivity contribution in [3.8, 4) is 11.5 Å². The molecule has 0 amide bonds. The second-order valence-corrected chi connectivity index (χ2v) is 4.63. The maximum atomic E-state index is 13.5. The molecule has 0 bridgehead atoms. The number of hydrogen-bond donors (Lipinski definition) is 0. The van der Waals surface area contributed by atoms with Gasteiger partial charge in [-0.25, -0.2) is 4.39 Å². The average Bonchev–Trinajstić information content (AvgIpc) is 2.38. The maximum Gasteiger partial charge on any atom is 0.166 e. The van der Waals surface area contributed by atoms with E-state index in [-0.39, 0.29) is 11.6 Å². The molecule has 0 saturated carbocycles. The topological polar surface area (TPSA) is 18.5 Å². The van der Waals surface area contributed by atoms with Crippen LogP contribution in [0.25, 0.3) is 0 Å². The van der Waals surface area contributed by atoms with E-state index < -0.39 is 0 Å². The predicted octanol–water partition coefficient (Wildman–Crippen LogP) is 4.18. The Kier molecular flexibility index (Phi) is 4.20. The molecule has 2 rings (SSSR count). The van der Waals surface area contributed by atoms with Crippen LogP contribution in [0.15, 0.2) is 46.9 Å². The van der Waals surface area contributed by atoms with Gasteiger partial charge in [0.15, 0.2) is 11.6 Å². The van der Waals surface area contributed by atoms with Crippen molar-refractivity contribution < 1.29 is 13.9 Å². The van der Waals surface area contributed by atoms with Gasteiger partial charge in [-0.1, -0.05) is 28.1 Å². The molecular formula is C14H12BrFO2. The minimum Gasteiger partial charge on any atom is -0.497 e. The van der Waals surface area contributed by atoms with Crippen LogP contribution in [0.4, 0.5) is 4.39 Å². The number of methoxy groups -OCH3 is 1. The van der Waals surface area contributed by atoms with Gasteiger partial charge in [-0.2, -0.15) is 0 Å². The van der Waals surface area contributed by atoms with E-state index in [4.69, 9.17) is 9.47 Å². The molecule has 0 aliphatic heterocycles. The first-order chi connectivity index (χ1) is 8.69. The average molecular weight is 311 g/mol. The molecule has 0 saturated heterocycles. The quantitative estimate of drug-likeness (QED) is 0.843. The maximum absolute atomic E-state index is 13.5. The van der Waals surface area contributed by atoms with Gasteiger partial charge in [0.05, 0.1) is 7.11 Å². The zero-order chi connectivity index (χ0) is 13.0. The van der Waals surface area contributed by atoms with Crippen molar-refractivity contribution in [2.75, 3.05) is 7.11 Å². The van der Waals surface area contributed by atoms with E-state index in [9.17, 15) is 4.39 Å². The van der Waals surface area contributed by atoms with Crippen LogP contribution in [-0.2, 0) is 6.61 Å². The van der Waals surface area contributed by atoms with Crippen LogP contribution in [0.1, 0.15) is 5.56 Å². The van der Waals surface area contributed by atoms with Crippen molar-refractivity contribution in [2.24, 2.45) is 0 Å². The highest BCUT2D eigenvalue weighted by atomic mass is 79.9. The second-order valence-electron chi connectivity index (χ2n) is 3.71. The van der Waals surface area contributed by atoms with Crippen LogP contribution in [0.2, 0.25) is 0 Å². The van der Waals surface area contributed by atoms with Gasteiger partial charge in [0.25, 0.3) is 0 Å². The normalized spacial score (nSPS) is 10.2. The Hall–Kier alpha value is -1.55. The smallest absolute Gasteiger partial charge is 0.166 e. The predicted molar refractivity (Wildman–Crippen MR) is 71.4 cm³/mol. The Morgan fingerprint density at radius 1 is 1.11 bits per heavy atom. The summed E-state index contributed by atoms with van der Waals surface area (Å²) < 4.78 is 24.7. The SMILES string of the molecule is COc1ccc(COc2ccc(Br)cc2F)cc1. The standard InChI is InChI=1S/C14H12BrFO2/c1-17-12-5-2-10(3-6-12)9-18-14-7-4-11(15)8-13(14)16/h2-8H,9H2,1H3. The largest absolute Gasteiger partial charge is 0.497 e. The zero-order valence-corrected chi connectivity index (χ0v) is 11.4. The highest BCUT2D eigenvalue weighted by molar-refractivity contribution is 9.10. The lowest BCUT2D eigenvalue weighted by Crippen LogP contribution is -1.97. The van der Waals surface area contributed by atoms with Crippen LogP contribution in [0.3, 0.4) is 0 Å².